The first-order chi connectivity index (χ1) is 16.7. The van der Waals surface area contributed by atoms with Crippen LogP contribution in [0.15, 0.2) is 60.7 Å². The Morgan fingerprint density at radius 1 is 0.529 bits per heavy atom. The average Bonchev–Trinajstić information content (AvgIpc) is 2.86. The fourth-order valence-electron chi connectivity index (χ4n) is 4.36. The molecule has 0 N–H and O–H groups in total. The zero-order valence-corrected chi connectivity index (χ0v) is 20.1. The third kappa shape index (κ3) is 4.72. The highest BCUT2D eigenvalue weighted by Gasteiger charge is 2.24. The monoisotopic (exact) mass is 462 g/mol. The van der Waals surface area contributed by atoms with Gasteiger partial charge in [0, 0.05) is 50.7 Å². The first-order valence-corrected chi connectivity index (χ1v) is 11.0. The molecule has 0 aliphatic carbocycles. The zero-order valence-electron chi connectivity index (χ0n) is 20.1. The Morgan fingerprint density at radius 3 is 1.32 bits per heavy atom. The molecule has 34 heavy (non-hydrogen) atoms. The Labute approximate surface area is 199 Å². The molecule has 4 aromatic rings. The van der Waals surface area contributed by atoms with E-state index in [1.54, 1.807) is 28.4 Å². The Hall–Kier alpha value is -3.16. The molecule has 4 rings (SSSR count). The fraction of sp³-hybridized carbons (Fsp3) is 0.286. The lowest BCUT2D eigenvalue weighted by Crippen LogP contribution is -2.08. The predicted molar refractivity (Wildman–Crippen MR) is 133 cm³/mol. The summed E-state index contributed by atoms with van der Waals surface area (Å²) in [6.07, 6.45) is 0. The van der Waals surface area contributed by atoms with Crippen LogP contribution in [0.4, 0.5) is 0 Å². The van der Waals surface area contributed by atoms with Crippen molar-refractivity contribution in [1.29, 1.82) is 0 Å². The van der Waals surface area contributed by atoms with E-state index in [2.05, 4.69) is 36.4 Å². The number of ether oxygens (including phenoxy) is 6. The van der Waals surface area contributed by atoms with Gasteiger partial charge in [0.15, 0.2) is 13.6 Å². The van der Waals surface area contributed by atoms with Gasteiger partial charge in [-0.25, -0.2) is 0 Å². The molecule has 0 saturated heterocycles. The minimum Gasteiger partial charge on any atom is -0.467 e. The second-order valence-electron chi connectivity index (χ2n) is 7.89. The van der Waals surface area contributed by atoms with Gasteiger partial charge in [-0.2, -0.15) is 0 Å². The van der Waals surface area contributed by atoms with Crippen molar-refractivity contribution in [2.24, 2.45) is 0 Å². The standard InChI is InChI=1S/C28H30O6/c1-29-15-21-13-19-9-5-7-11-23(19)25(27(21)33-17-31-3)26-24-12-8-6-10-20(24)14-22(16-30-2)28(26)34-18-32-4/h5-14H,15-18H2,1-4H3. The maximum Gasteiger partial charge on any atom is 0.188 e. The second-order valence-corrected chi connectivity index (χ2v) is 7.89. The summed E-state index contributed by atoms with van der Waals surface area (Å²) in [7, 11) is 6.57. The molecule has 0 amide bonds. The van der Waals surface area contributed by atoms with Gasteiger partial charge < -0.3 is 28.4 Å². The Bertz CT molecular complexity index is 1170. The summed E-state index contributed by atoms with van der Waals surface area (Å²) in [5, 5.41) is 4.23. The highest BCUT2D eigenvalue weighted by Crippen LogP contribution is 2.48. The third-order valence-corrected chi connectivity index (χ3v) is 5.65. The SMILES string of the molecule is COCOc1c(COC)cc2ccccc2c1-c1c(OCOC)c(COC)cc2ccccc12. The zero-order chi connectivity index (χ0) is 23.9. The van der Waals surface area contributed by atoms with E-state index in [0.717, 1.165) is 43.8 Å². The molecule has 0 fully saturated rings. The van der Waals surface area contributed by atoms with E-state index in [1.807, 2.05) is 24.3 Å². The molecule has 4 aromatic carbocycles. The minimum atomic E-state index is 0.103. The smallest absolute Gasteiger partial charge is 0.188 e. The topological polar surface area (TPSA) is 55.4 Å². The highest BCUT2D eigenvalue weighted by atomic mass is 16.7. The van der Waals surface area contributed by atoms with Crippen molar-refractivity contribution in [3.8, 4) is 22.6 Å². The van der Waals surface area contributed by atoms with Crippen LogP contribution in [0, 0.1) is 0 Å². The van der Waals surface area contributed by atoms with E-state index >= 15 is 0 Å². The van der Waals surface area contributed by atoms with Crippen molar-refractivity contribution in [3.05, 3.63) is 71.8 Å². The summed E-state index contributed by atoms with van der Waals surface area (Å²) in [6.45, 7) is 0.986. The molecular weight excluding hydrogens is 432 g/mol. The number of methoxy groups -OCH3 is 4. The molecule has 6 heteroatoms. The van der Waals surface area contributed by atoms with Crippen LogP contribution < -0.4 is 9.47 Å². The molecule has 0 aliphatic heterocycles. The van der Waals surface area contributed by atoms with Gasteiger partial charge >= 0.3 is 0 Å². The first-order valence-electron chi connectivity index (χ1n) is 11.0. The van der Waals surface area contributed by atoms with Crippen molar-refractivity contribution in [2.75, 3.05) is 42.0 Å². The van der Waals surface area contributed by atoms with E-state index < -0.39 is 0 Å². The predicted octanol–water partition coefficient (Wildman–Crippen LogP) is 5.92. The lowest BCUT2D eigenvalue weighted by atomic mass is 9.89. The van der Waals surface area contributed by atoms with Crippen molar-refractivity contribution >= 4 is 21.5 Å². The molecule has 0 aliphatic rings. The highest BCUT2D eigenvalue weighted by molar-refractivity contribution is 6.10. The van der Waals surface area contributed by atoms with Crippen LogP contribution in [-0.4, -0.2) is 42.0 Å². The number of rotatable bonds is 11. The van der Waals surface area contributed by atoms with Gasteiger partial charge in [0.25, 0.3) is 0 Å². The van der Waals surface area contributed by atoms with E-state index in [1.165, 1.54) is 0 Å². The van der Waals surface area contributed by atoms with Gasteiger partial charge in [0.05, 0.1) is 13.2 Å². The molecule has 178 valence electrons. The van der Waals surface area contributed by atoms with Gasteiger partial charge in [0.2, 0.25) is 0 Å². The number of benzene rings is 4. The summed E-state index contributed by atoms with van der Waals surface area (Å²) in [5.74, 6) is 1.40. The van der Waals surface area contributed by atoms with Crippen molar-refractivity contribution in [1.82, 2.24) is 0 Å². The summed E-state index contributed by atoms with van der Waals surface area (Å²) >= 11 is 0. The third-order valence-electron chi connectivity index (χ3n) is 5.65. The molecule has 0 aromatic heterocycles. The van der Waals surface area contributed by atoms with Crippen LogP contribution in [0.25, 0.3) is 32.7 Å². The van der Waals surface area contributed by atoms with Gasteiger partial charge in [-0.05, 0) is 33.7 Å². The van der Waals surface area contributed by atoms with Crippen molar-refractivity contribution in [2.45, 2.75) is 13.2 Å². The Kier molecular flexibility index (Phi) is 7.98. The van der Waals surface area contributed by atoms with Gasteiger partial charge in [-0.15, -0.1) is 0 Å². The molecule has 0 saturated carbocycles. The fourth-order valence-corrected chi connectivity index (χ4v) is 4.36. The van der Waals surface area contributed by atoms with E-state index in [4.69, 9.17) is 28.4 Å². The summed E-state index contributed by atoms with van der Waals surface area (Å²) < 4.78 is 34.1. The average molecular weight is 463 g/mol. The largest absolute Gasteiger partial charge is 0.467 e. The van der Waals surface area contributed by atoms with Crippen LogP contribution in [0.5, 0.6) is 11.5 Å². The minimum absolute atomic E-state index is 0.103. The maximum absolute atomic E-state index is 6.22. The molecule has 0 spiro atoms. The number of hydrogen-bond acceptors (Lipinski definition) is 6. The first kappa shape index (κ1) is 24.0. The molecular formula is C28H30O6. The van der Waals surface area contributed by atoms with Crippen LogP contribution in [-0.2, 0) is 32.2 Å². The molecule has 0 unspecified atom stereocenters. The van der Waals surface area contributed by atoms with Crippen LogP contribution in [0.3, 0.4) is 0 Å². The van der Waals surface area contributed by atoms with Crippen molar-refractivity contribution < 1.29 is 28.4 Å². The Balaban J connectivity index is 2.18. The van der Waals surface area contributed by atoms with Gasteiger partial charge in [-0.1, -0.05) is 48.5 Å². The molecule has 0 radical (unpaired) electrons. The molecule has 0 heterocycles. The molecule has 0 bridgehead atoms. The van der Waals surface area contributed by atoms with E-state index in [-0.39, 0.29) is 13.6 Å². The lowest BCUT2D eigenvalue weighted by molar-refractivity contribution is 0.0479. The second kappa shape index (κ2) is 11.3. The summed E-state index contributed by atoms with van der Waals surface area (Å²) in [4.78, 5) is 0. The van der Waals surface area contributed by atoms with Gasteiger partial charge in [-0.3, -0.25) is 0 Å². The lowest BCUT2D eigenvalue weighted by Gasteiger charge is -2.23. The maximum atomic E-state index is 6.22. The van der Waals surface area contributed by atoms with Crippen molar-refractivity contribution in [3.63, 3.8) is 0 Å². The molecule has 6 nitrogen and oxygen atoms in total. The quantitative estimate of drug-likeness (QED) is 0.258. The Morgan fingerprint density at radius 2 is 0.941 bits per heavy atom. The van der Waals surface area contributed by atoms with Crippen LogP contribution in [0.2, 0.25) is 0 Å². The van der Waals surface area contributed by atoms with Crippen LogP contribution >= 0.6 is 0 Å². The number of hydrogen-bond donors (Lipinski definition) is 0. The summed E-state index contributed by atoms with van der Waals surface area (Å²) in [5.41, 5.74) is 3.68. The van der Waals surface area contributed by atoms with E-state index in [9.17, 15) is 0 Å². The van der Waals surface area contributed by atoms with Crippen LogP contribution in [0.1, 0.15) is 11.1 Å². The van der Waals surface area contributed by atoms with Gasteiger partial charge in [0.1, 0.15) is 11.5 Å². The molecule has 0 atom stereocenters. The normalized spacial score (nSPS) is 11.3. The summed E-state index contributed by atoms with van der Waals surface area (Å²) in [6, 6.07) is 20.7. The van der Waals surface area contributed by atoms with E-state index in [0.29, 0.717) is 24.7 Å². The number of fused-ring (bicyclic) bond motifs is 2.